The zero-order valence-electron chi connectivity index (χ0n) is 64.1. The summed E-state index contributed by atoms with van der Waals surface area (Å²) in [6.45, 7) is 9.67. The van der Waals surface area contributed by atoms with Gasteiger partial charge in [-0.15, -0.1) is 0 Å². The summed E-state index contributed by atoms with van der Waals surface area (Å²) >= 11 is 0. The van der Waals surface area contributed by atoms with Crippen LogP contribution in [0.15, 0.2) is 0 Å². The van der Waals surface area contributed by atoms with E-state index in [0.29, 0.717) is 25.7 Å². The maximum absolute atomic E-state index is 13.1. The lowest BCUT2D eigenvalue weighted by Gasteiger charge is -2.21. The van der Waals surface area contributed by atoms with Gasteiger partial charge in [-0.1, -0.05) is 363 Å². The van der Waals surface area contributed by atoms with Gasteiger partial charge in [0.1, 0.15) is 19.3 Å². The van der Waals surface area contributed by atoms with Gasteiger partial charge < -0.3 is 33.8 Å². The fourth-order valence-corrected chi connectivity index (χ4v) is 13.7. The summed E-state index contributed by atoms with van der Waals surface area (Å²) in [6.07, 6.45) is 59.8. The van der Waals surface area contributed by atoms with E-state index in [-0.39, 0.29) is 25.7 Å². The zero-order chi connectivity index (χ0) is 72.1. The largest absolute Gasteiger partial charge is 0.472 e. The van der Waals surface area contributed by atoms with Crippen molar-refractivity contribution < 1.29 is 80.2 Å². The van der Waals surface area contributed by atoms with Crippen LogP contribution in [0.2, 0.25) is 0 Å². The second-order valence-corrected chi connectivity index (χ2v) is 32.1. The molecule has 17 nitrogen and oxygen atoms in total. The number of carbonyl (C=O) groups excluding carboxylic acids is 4. The topological polar surface area (TPSA) is 237 Å². The highest BCUT2D eigenvalue weighted by Gasteiger charge is 2.30. The molecule has 0 radical (unpaired) electrons. The number of phosphoric ester groups is 2. The number of hydrogen-bond donors (Lipinski definition) is 3. The van der Waals surface area contributed by atoms with E-state index >= 15 is 0 Å². The third kappa shape index (κ3) is 71.1. The van der Waals surface area contributed by atoms with E-state index < -0.39 is 97.5 Å². The molecule has 19 heteroatoms. The van der Waals surface area contributed by atoms with E-state index in [1.807, 2.05) is 0 Å². The minimum absolute atomic E-state index is 0.107. The quantitative estimate of drug-likeness (QED) is 0.0222. The summed E-state index contributed by atoms with van der Waals surface area (Å²) in [5, 5.41) is 10.6. The first-order valence-electron chi connectivity index (χ1n) is 41.0. The summed E-state index contributed by atoms with van der Waals surface area (Å²) in [6, 6.07) is 0. The molecule has 0 saturated carbocycles. The van der Waals surface area contributed by atoms with Crippen LogP contribution in [0.5, 0.6) is 0 Å². The second kappa shape index (κ2) is 70.7. The lowest BCUT2D eigenvalue weighted by molar-refractivity contribution is -0.161. The van der Waals surface area contributed by atoms with Gasteiger partial charge >= 0.3 is 39.5 Å². The Morgan fingerprint density at radius 3 is 0.776 bits per heavy atom. The molecule has 0 amide bonds. The van der Waals surface area contributed by atoms with Gasteiger partial charge in [-0.3, -0.25) is 37.3 Å². The van der Waals surface area contributed by atoms with Crippen LogP contribution < -0.4 is 0 Å². The number of aliphatic hydroxyl groups excluding tert-OH is 1. The minimum Gasteiger partial charge on any atom is -0.462 e. The Balaban J connectivity index is 5.17. The number of unbranched alkanes of at least 4 members (excludes halogenated alkanes) is 47. The van der Waals surface area contributed by atoms with Crippen LogP contribution in [-0.4, -0.2) is 96.7 Å². The van der Waals surface area contributed by atoms with E-state index in [2.05, 4.69) is 41.5 Å². The molecule has 0 heterocycles. The van der Waals surface area contributed by atoms with Gasteiger partial charge in [0.2, 0.25) is 0 Å². The Morgan fingerprint density at radius 1 is 0.296 bits per heavy atom. The normalized spacial score (nSPS) is 14.2. The average Bonchev–Trinajstić information content (AvgIpc) is 1.05. The molecule has 0 aromatic heterocycles. The average molecular weight is 1440 g/mol. The molecule has 3 N–H and O–H groups in total. The molecule has 0 aliphatic rings. The molecule has 0 aromatic carbocycles. The molecule has 0 aromatic rings. The fraction of sp³-hybridized carbons (Fsp3) is 0.949. The van der Waals surface area contributed by atoms with Gasteiger partial charge in [-0.25, -0.2) is 9.13 Å². The number of carbonyl (C=O) groups is 4. The molecule has 582 valence electrons. The summed E-state index contributed by atoms with van der Waals surface area (Å²) in [5.74, 6) is -0.445. The van der Waals surface area contributed by atoms with E-state index in [1.165, 1.54) is 218 Å². The van der Waals surface area contributed by atoms with Crippen molar-refractivity contribution in [2.75, 3.05) is 39.6 Å². The number of aliphatic hydroxyl groups is 1. The Hall–Kier alpha value is -1.94. The first-order valence-corrected chi connectivity index (χ1v) is 44.0. The number of hydrogen-bond acceptors (Lipinski definition) is 15. The smallest absolute Gasteiger partial charge is 0.462 e. The van der Waals surface area contributed by atoms with Gasteiger partial charge in [0.25, 0.3) is 0 Å². The third-order valence-corrected chi connectivity index (χ3v) is 20.7. The van der Waals surface area contributed by atoms with Crippen molar-refractivity contribution >= 4 is 39.5 Å². The van der Waals surface area contributed by atoms with Gasteiger partial charge in [0.15, 0.2) is 12.2 Å². The molecular weight excluding hydrogens is 1280 g/mol. The summed E-state index contributed by atoms with van der Waals surface area (Å²) < 4.78 is 68.5. The lowest BCUT2D eigenvalue weighted by atomic mass is 9.99. The van der Waals surface area contributed by atoms with Crippen LogP contribution in [0, 0.1) is 11.8 Å². The van der Waals surface area contributed by atoms with Gasteiger partial charge in [0.05, 0.1) is 26.4 Å². The van der Waals surface area contributed by atoms with Crippen molar-refractivity contribution in [2.24, 2.45) is 11.8 Å². The standard InChI is InChI=1S/C79H154O17P2/c1-7-10-12-14-16-17-18-33-39-45-51-57-63-78(83)95-74(67-89-76(81)61-55-49-41-15-13-11-8-2)69-93-97(85,86)91-65-73(80)66-92-98(87,88)94-70-75(68-90-77(82)62-56-50-44-38-34-29-26-25-28-32-37-43-48-54-60-72(6)9-3)96-79(84)64-58-52-46-40-35-30-24-22-20-19-21-23-27-31-36-42-47-53-59-71(4)5/h71-75,80H,7-70H2,1-6H3,(H,85,86)(H,87,88)/t72?,73-,74+,75+/m0/s1. The van der Waals surface area contributed by atoms with Crippen LogP contribution in [-0.2, 0) is 65.4 Å². The first kappa shape index (κ1) is 96.1. The fourth-order valence-electron chi connectivity index (χ4n) is 12.2. The highest BCUT2D eigenvalue weighted by molar-refractivity contribution is 7.47. The molecule has 0 spiro atoms. The molecule has 0 aliphatic heterocycles. The summed E-state index contributed by atoms with van der Waals surface area (Å²) in [4.78, 5) is 72.8. The van der Waals surface area contributed by atoms with Crippen molar-refractivity contribution in [3.05, 3.63) is 0 Å². The maximum Gasteiger partial charge on any atom is 0.472 e. The van der Waals surface area contributed by atoms with E-state index in [9.17, 15) is 43.2 Å². The Kier molecular flexibility index (Phi) is 69.3. The summed E-state index contributed by atoms with van der Waals surface area (Å²) in [5.41, 5.74) is 0. The van der Waals surface area contributed by atoms with Crippen molar-refractivity contribution in [3.8, 4) is 0 Å². The van der Waals surface area contributed by atoms with E-state index in [4.69, 9.17) is 37.0 Å². The predicted molar refractivity (Wildman–Crippen MR) is 400 cm³/mol. The molecule has 0 saturated heterocycles. The van der Waals surface area contributed by atoms with Gasteiger partial charge in [-0.2, -0.15) is 0 Å². The molecule has 0 aliphatic carbocycles. The van der Waals surface area contributed by atoms with Crippen molar-refractivity contribution in [1.82, 2.24) is 0 Å². The Morgan fingerprint density at radius 2 is 0.520 bits per heavy atom. The van der Waals surface area contributed by atoms with Crippen LogP contribution >= 0.6 is 15.6 Å². The van der Waals surface area contributed by atoms with Crippen molar-refractivity contribution in [3.63, 3.8) is 0 Å². The highest BCUT2D eigenvalue weighted by atomic mass is 31.2. The molecule has 3 unspecified atom stereocenters. The number of esters is 4. The molecule has 98 heavy (non-hydrogen) atoms. The molecular formula is C79H154O17P2. The van der Waals surface area contributed by atoms with Crippen molar-refractivity contribution in [2.45, 2.75) is 432 Å². The second-order valence-electron chi connectivity index (χ2n) is 29.2. The number of phosphoric acid groups is 2. The van der Waals surface area contributed by atoms with Crippen LogP contribution in [0.25, 0.3) is 0 Å². The van der Waals surface area contributed by atoms with Crippen molar-refractivity contribution in [1.29, 1.82) is 0 Å². The zero-order valence-corrected chi connectivity index (χ0v) is 65.9. The number of rotatable bonds is 78. The third-order valence-electron chi connectivity index (χ3n) is 18.8. The molecule has 0 rings (SSSR count). The van der Waals surface area contributed by atoms with E-state index in [0.717, 1.165) is 115 Å². The highest BCUT2D eigenvalue weighted by Crippen LogP contribution is 2.45. The predicted octanol–water partition coefficient (Wildman–Crippen LogP) is 23.5. The lowest BCUT2D eigenvalue weighted by Crippen LogP contribution is -2.30. The molecule has 0 bridgehead atoms. The maximum atomic E-state index is 13.1. The van der Waals surface area contributed by atoms with Crippen LogP contribution in [0.4, 0.5) is 0 Å². The SMILES string of the molecule is CCCCCCCCCCCCCCC(=O)O[C@H](COC(=O)CCCCCCCCC)COP(=O)(O)OC[C@H](O)COP(=O)(O)OC[C@@H](COC(=O)CCCCCCCCCCCCCCCCC(C)CC)OC(=O)CCCCCCCCCCCCCCCCCCCCC(C)C. The first-order chi connectivity index (χ1) is 47.4. The van der Waals surface area contributed by atoms with Crippen LogP contribution in [0.1, 0.15) is 414 Å². The molecule has 6 atom stereocenters. The number of ether oxygens (including phenoxy) is 4. The van der Waals surface area contributed by atoms with Crippen LogP contribution in [0.3, 0.4) is 0 Å². The summed E-state index contributed by atoms with van der Waals surface area (Å²) in [7, 11) is -9.91. The minimum atomic E-state index is -4.96. The van der Waals surface area contributed by atoms with E-state index in [1.54, 1.807) is 0 Å². The Bertz CT molecular complexity index is 1890. The Labute approximate surface area is 600 Å². The van der Waals surface area contributed by atoms with Gasteiger partial charge in [-0.05, 0) is 37.5 Å². The molecule has 0 fully saturated rings. The van der Waals surface area contributed by atoms with Gasteiger partial charge in [0, 0.05) is 25.7 Å². The monoisotopic (exact) mass is 1440 g/mol.